The first-order valence-electron chi connectivity index (χ1n) is 6.06. The molecule has 18 heavy (non-hydrogen) atoms. The first-order valence-corrected chi connectivity index (χ1v) is 6.06. The highest BCUT2D eigenvalue weighted by Gasteiger charge is 2.20. The molecule has 0 N–H and O–H groups in total. The molecule has 6 heteroatoms. The standard InChI is InChI=1S/C12H16O6/c13-9(17-11-3-1-7-15-11)5-6-10(14)18-12-4-2-8-16-12/h5-6,11-12H,1-4,7-8H2/b6-5+. The fourth-order valence-corrected chi connectivity index (χ4v) is 1.76. The molecule has 0 aromatic heterocycles. The summed E-state index contributed by atoms with van der Waals surface area (Å²) in [5, 5.41) is 0. The van der Waals surface area contributed by atoms with Crippen LogP contribution >= 0.6 is 0 Å². The van der Waals surface area contributed by atoms with Gasteiger partial charge in [-0.3, -0.25) is 0 Å². The van der Waals surface area contributed by atoms with Gasteiger partial charge < -0.3 is 18.9 Å². The van der Waals surface area contributed by atoms with Crippen LogP contribution in [0, 0.1) is 0 Å². The zero-order valence-corrected chi connectivity index (χ0v) is 10.0. The van der Waals surface area contributed by atoms with E-state index in [1.807, 2.05) is 0 Å². The summed E-state index contributed by atoms with van der Waals surface area (Å²) in [5.74, 6) is -1.21. The average Bonchev–Trinajstić information content (AvgIpc) is 2.99. The second kappa shape index (κ2) is 6.51. The summed E-state index contributed by atoms with van der Waals surface area (Å²) in [6.45, 7) is 1.20. The molecule has 0 aromatic rings. The summed E-state index contributed by atoms with van der Waals surface area (Å²) in [5.41, 5.74) is 0. The monoisotopic (exact) mass is 256 g/mol. The maximum atomic E-state index is 11.3. The van der Waals surface area contributed by atoms with Crippen molar-refractivity contribution in [2.24, 2.45) is 0 Å². The Morgan fingerprint density at radius 1 is 0.889 bits per heavy atom. The van der Waals surface area contributed by atoms with Crippen molar-refractivity contribution in [2.75, 3.05) is 13.2 Å². The summed E-state index contributed by atoms with van der Waals surface area (Å²) >= 11 is 0. The lowest BCUT2D eigenvalue weighted by atomic mass is 10.3. The van der Waals surface area contributed by atoms with E-state index in [1.54, 1.807) is 0 Å². The third-order valence-electron chi connectivity index (χ3n) is 2.63. The highest BCUT2D eigenvalue weighted by atomic mass is 16.7. The molecule has 2 heterocycles. The number of esters is 2. The van der Waals surface area contributed by atoms with Crippen LogP contribution in [0.1, 0.15) is 25.7 Å². The van der Waals surface area contributed by atoms with E-state index in [-0.39, 0.29) is 0 Å². The van der Waals surface area contributed by atoms with E-state index in [4.69, 9.17) is 18.9 Å². The molecule has 2 saturated heterocycles. The van der Waals surface area contributed by atoms with Gasteiger partial charge in [0.2, 0.25) is 12.6 Å². The molecule has 0 amide bonds. The zero-order valence-electron chi connectivity index (χ0n) is 10.0. The third kappa shape index (κ3) is 4.12. The molecule has 0 radical (unpaired) electrons. The summed E-state index contributed by atoms with van der Waals surface area (Å²) in [4.78, 5) is 22.6. The first-order chi connectivity index (χ1) is 8.74. The normalized spacial score (nSPS) is 27.6. The van der Waals surface area contributed by atoms with Crippen LogP contribution in [0.25, 0.3) is 0 Å². The van der Waals surface area contributed by atoms with Gasteiger partial charge in [-0.05, 0) is 12.8 Å². The van der Waals surface area contributed by atoms with E-state index in [9.17, 15) is 9.59 Å². The third-order valence-corrected chi connectivity index (χ3v) is 2.63. The van der Waals surface area contributed by atoms with E-state index in [0.717, 1.165) is 25.0 Å². The number of hydrogen-bond donors (Lipinski definition) is 0. The van der Waals surface area contributed by atoms with Gasteiger partial charge in [0.15, 0.2) is 0 Å². The van der Waals surface area contributed by atoms with Gasteiger partial charge in [-0.25, -0.2) is 9.59 Å². The number of carbonyl (C=O) groups is 2. The van der Waals surface area contributed by atoms with Crippen molar-refractivity contribution in [3.63, 3.8) is 0 Å². The van der Waals surface area contributed by atoms with Gasteiger partial charge in [0.05, 0.1) is 13.2 Å². The lowest BCUT2D eigenvalue weighted by molar-refractivity contribution is -0.166. The summed E-state index contributed by atoms with van der Waals surface area (Å²) in [6.07, 6.45) is 4.25. The molecule has 0 aliphatic carbocycles. The Balaban J connectivity index is 1.68. The predicted octanol–water partition coefficient (Wildman–Crippen LogP) is 0.902. The summed E-state index contributed by atoms with van der Waals surface area (Å²) < 4.78 is 20.1. The Labute approximate surface area is 105 Å². The topological polar surface area (TPSA) is 71.1 Å². The van der Waals surface area contributed by atoms with E-state index in [2.05, 4.69) is 0 Å². The van der Waals surface area contributed by atoms with Crippen LogP contribution in [0.15, 0.2) is 12.2 Å². The number of hydrogen-bond acceptors (Lipinski definition) is 6. The van der Waals surface area contributed by atoms with E-state index in [1.165, 1.54) is 0 Å². The van der Waals surface area contributed by atoms with Crippen molar-refractivity contribution in [1.29, 1.82) is 0 Å². The van der Waals surface area contributed by atoms with Gasteiger partial charge in [-0.1, -0.05) is 0 Å². The Bertz CT molecular complexity index is 293. The number of ether oxygens (including phenoxy) is 4. The lowest BCUT2D eigenvalue weighted by Gasteiger charge is -2.09. The molecule has 0 aromatic carbocycles. The molecule has 2 atom stereocenters. The Hall–Kier alpha value is -1.40. The minimum Gasteiger partial charge on any atom is -0.433 e. The Kier molecular flexibility index (Phi) is 4.72. The van der Waals surface area contributed by atoms with E-state index >= 15 is 0 Å². The van der Waals surface area contributed by atoms with Gasteiger partial charge in [0.1, 0.15) is 0 Å². The minimum atomic E-state index is -0.605. The minimum absolute atomic E-state index is 0.490. The maximum absolute atomic E-state index is 11.3. The second-order valence-corrected chi connectivity index (χ2v) is 4.09. The highest BCUT2D eigenvalue weighted by Crippen LogP contribution is 2.14. The zero-order chi connectivity index (χ0) is 12.8. The number of carbonyl (C=O) groups excluding carboxylic acids is 2. The van der Waals surface area contributed by atoms with Crippen molar-refractivity contribution >= 4 is 11.9 Å². The van der Waals surface area contributed by atoms with Crippen molar-refractivity contribution < 1.29 is 28.5 Å². The molecule has 2 aliphatic rings. The van der Waals surface area contributed by atoms with Crippen LogP contribution in [0.4, 0.5) is 0 Å². The molecular weight excluding hydrogens is 240 g/mol. The van der Waals surface area contributed by atoms with Crippen LogP contribution in [-0.4, -0.2) is 37.7 Å². The van der Waals surface area contributed by atoms with Crippen molar-refractivity contribution in [3.8, 4) is 0 Å². The molecule has 2 rings (SSSR count). The average molecular weight is 256 g/mol. The SMILES string of the molecule is O=C(/C=C/C(=O)OC1CCCO1)OC1CCCO1. The molecular formula is C12H16O6. The predicted molar refractivity (Wildman–Crippen MR) is 59.3 cm³/mol. The summed E-state index contributed by atoms with van der Waals surface area (Å²) in [7, 11) is 0. The fourth-order valence-electron chi connectivity index (χ4n) is 1.76. The molecule has 100 valence electrons. The van der Waals surface area contributed by atoms with Gasteiger partial charge >= 0.3 is 11.9 Å². The van der Waals surface area contributed by atoms with Crippen LogP contribution in [0.5, 0.6) is 0 Å². The molecule has 0 bridgehead atoms. The van der Waals surface area contributed by atoms with Crippen molar-refractivity contribution in [3.05, 3.63) is 12.2 Å². The van der Waals surface area contributed by atoms with Crippen LogP contribution in [-0.2, 0) is 28.5 Å². The fraction of sp³-hybridized carbons (Fsp3) is 0.667. The molecule has 2 aliphatic heterocycles. The van der Waals surface area contributed by atoms with Gasteiger partial charge in [0.25, 0.3) is 0 Å². The largest absolute Gasteiger partial charge is 0.433 e. The van der Waals surface area contributed by atoms with Gasteiger partial charge in [0, 0.05) is 25.0 Å². The Morgan fingerprint density at radius 3 is 1.67 bits per heavy atom. The quantitative estimate of drug-likeness (QED) is 0.550. The van der Waals surface area contributed by atoms with Crippen LogP contribution in [0.3, 0.4) is 0 Å². The summed E-state index contributed by atoms with van der Waals surface area (Å²) in [6, 6.07) is 0. The molecule has 2 unspecified atom stereocenters. The van der Waals surface area contributed by atoms with E-state index < -0.39 is 24.5 Å². The smallest absolute Gasteiger partial charge is 0.333 e. The molecule has 2 fully saturated rings. The number of rotatable bonds is 4. The van der Waals surface area contributed by atoms with Crippen molar-refractivity contribution in [1.82, 2.24) is 0 Å². The second-order valence-electron chi connectivity index (χ2n) is 4.09. The van der Waals surface area contributed by atoms with Gasteiger partial charge in [-0.2, -0.15) is 0 Å². The van der Waals surface area contributed by atoms with Crippen molar-refractivity contribution in [2.45, 2.75) is 38.3 Å². The highest BCUT2D eigenvalue weighted by molar-refractivity contribution is 5.91. The molecule has 0 spiro atoms. The van der Waals surface area contributed by atoms with Gasteiger partial charge in [-0.15, -0.1) is 0 Å². The molecule has 6 nitrogen and oxygen atoms in total. The lowest BCUT2D eigenvalue weighted by Crippen LogP contribution is -2.17. The maximum Gasteiger partial charge on any atom is 0.333 e. The van der Waals surface area contributed by atoms with Crippen LogP contribution < -0.4 is 0 Å². The first kappa shape index (κ1) is 13.0. The van der Waals surface area contributed by atoms with Crippen LogP contribution in [0.2, 0.25) is 0 Å². The van der Waals surface area contributed by atoms with E-state index in [0.29, 0.717) is 26.1 Å². The molecule has 0 saturated carbocycles. The Morgan fingerprint density at radius 2 is 1.33 bits per heavy atom.